The molecule has 2 N–H and O–H groups in total. The zero-order chi connectivity index (χ0) is 16.1. The quantitative estimate of drug-likeness (QED) is 0.833. The standard InChI is InChI=1S/C14H13F3N4O/c1-2-5-18-14(22)10-6-20-11(7-19-10)21-9-4-3-8(15)12(16)13(9)17/h3-4,6-7H,2,5H2,1H3,(H,18,22)(H,20,21). The molecule has 0 aliphatic carbocycles. The van der Waals surface area contributed by atoms with E-state index in [1.807, 2.05) is 6.92 Å². The van der Waals surface area contributed by atoms with Crippen molar-refractivity contribution in [3.05, 3.63) is 47.7 Å². The minimum Gasteiger partial charge on any atom is -0.351 e. The van der Waals surface area contributed by atoms with Gasteiger partial charge >= 0.3 is 0 Å². The van der Waals surface area contributed by atoms with Crippen LogP contribution < -0.4 is 10.6 Å². The number of carbonyl (C=O) groups is 1. The van der Waals surface area contributed by atoms with Crippen LogP contribution >= 0.6 is 0 Å². The summed E-state index contributed by atoms with van der Waals surface area (Å²) in [6.07, 6.45) is 3.18. The average molecular weight is 310 g/mol. The lowest BCUT2D eigenvalue weighted by atomic mass is 10.3. The number of hydrogen-bond acceptors (Lipinski definition) is 4. The summed E-state index contributed by atoms with van der Waals surface area (Å²) in [4.78, 5) is 19.4. The summed E-state index contributed by atoms with van der Waals surface area (Å²) >= 11 is 0. The van der Waals surface area contributed by atoms with Crippen molar-refractivity contribution in [2.75, 3.05) is 11.9 Å². The predicted octanol–water partition coefficient (Wildman–Crippen LogP) is 2.78. The van der Waals surface area contributed by atoms with E-state index in [4.69, 9.17) is 0 Å². The number of anilines is 2. The van der Waals surface area contributed by atoms with Crippen molar-refractivity contribution in [3.63, 3.8) is 0 Å². The second-order valence-electron chi connectivity index (χ2n) is 4.39. The van der Waals surface area contributed by atoms with Crippen LogP contribution in [0.3, 0.4) is 0 Å². The summed E-state index contributed by atoms with van der Waals surface area (Å²) in [7, 11) is 0. The fraction of sp³-hybridized carbons (Fsp3) is 0.214. The fourth-order valence-electron chi connectivity index (χ4n) is 1.60. The lowest BCUT2D eigenvalue weighted by Gasteiger charge is -2.08. The van der Waals surface area contributed by atoms with E-state index in [1.165, 1.54) is 12.4 Å². The predicted molar refractivity (Wildman–Crippen MR) is 74.3 cm³/mol. The number of aromatic nitrogens is 2. The molecule has 116 valence electrons. The van der Waals surface area contributed by atoms with Crippen molar-refractivity contribution in [1.29, 1.82) is 0 Å². The van der Waals surface area contributed by atoms with E-state index in [2.05, 4.69) is 20.6 Å². The minimum absolute atomic E-state index is 0.0944. The average Bonchev–Trinajstić information content (AvgIpc) is 2.54. The van der Waals surface area contributed by atoms with Gasteiger partial charge in [0.05, 0.1) is 18.1 Å². The summed E-state index contributed by atoms with van der Waals surface area (Å²) in [6, 6.07) is 1.83. The van der Waals surface area contributed by atoms with E-state index in [1.54, 1.807) is 0 Å². The Kier molecular flexibility index (Phi) is 4.92. The number of benzene rings is 1. The topological polar surface area (TPSA) is 66.9 Å². The van der Waals surface area contributed by atoms with Crippen molar-refractivity contribution in [2.45, 2.75) is 13.3 Å². The lowest BCUT2D eigenvalue weighted by molar-refractivity contribution is 0.0948. The van der Waals surface area contributed by atoms with Gasteiger partial charge in [-0.1, -0.05) is 6.92 Å². The molecule has 1 aromatic carbocycles. The molecule has 0 spiro atoms. The fourth-order valence-corrected chi connectivity index (χ4v) is 1.60. The van der Waals surface area contributed by atoms with Gasteiger partial charge in [-0.05, 0) is 18.6 Å². The van der Waals surface area contributed by atoms with E-state index >= 15 is 0 Å². The van der Waals surface area contributed by atoms with Crippen LogP contribution in [0.5, 0.6) is 0 Å². The van der Waals surface area contributed by atoms with Gasteiger partial charge in [-0.15, -0.1) is 0 Å². The van der Waals surface area contributed by atoms with Crippen LogP contribution in [0.2, 0.25) is 0 Å². The Balaban J connectivity index is 2.12. The monoisotopic (exact) mass is 310 g/mol. The second kappa shape index (κ2) is 6.88. The SMILES string of the molecule is CCCNC(=O)c1cnc(Nc2ccc(F)c(F)c2F)cn1. The van der Waals surface area contributed by atoms with Crippen LogP contribution in [0.4, 0.5) is 24.7 Å². The zero-order valence-electron chi connectivity index (χ0n) is 11.7. The third-order valence-electron chi connectivity index (χ3n) is 2.72. The summed E-state index contributed by atoms with van der Waals surface area (Å²) in [5, 5.41) is 5.09. The highest BCUT2D eigenvalue weighted by Crippen LogP contribution is 2.22. The Labute approximate surface area is 124 Å². The van der Waals surface area contributed by atoms with Gasteiger partial charge in [0.1, 0.15) is 11.5 Å². The van der Waals surface area contributed by atoms with Gasteiger partial charge in [-0.2, -0.15) is 0 Å². The molecule has 22 heavy (non-hydrogen) atoms. The Bertz CT molecular complexity index is 677. The highest BCUT2D eigenvalue weighted by Gasteiger charge is 2.14. The van der Waals surface area contributed by atoms with Crippen molar-refractivity contribution < 1.29 is 18.0 Å². The van der Waals surface area contributed by atoms with Gasteiger partial charge in [0, 0.05) is 6.54 Å². The summed E-state index contributed by atoms with van der Waals surface area (Å²) in [5.41, 5.74) is -0.179. The highest BCUT2D eigenvalue weighted by molar-refractivity contribution is 5.92. The van der Waals surface area contributed by atoms with Crippen molar-refractivity contribution >= 4 is 17.4 Å². The molecule has 2 rings (SSSR count). The van der Waals surface area contributed by atoms with E-state index < -0.39 is 17.5 Å². The Morgan fingerprint density at radius 3 is 2.55 bits per heavy atom. The number of carbonyl (C=O) groups excluding carboxylic acids is 1. The Morgan fingerprint density at radius 2 is 1.91 bits per heavy atom. The molecule has 5 nitrogen and oxygen atoms in total. The molecule has 1 amide bonds. The van der Waals surface area contributed by atoms with Gasteiger partial charge < -0.3 is 10.6 Å². The molecule has 0 unspecified atom stereocenters. The maximum Gasteiger partial charge on any atom is 0.271 e. The minimum atomic E-state index is -1.58. The van der Waals surface area contributed by atoms with Crippen LogP contribution in [0.1, 0.15) is 23.8 Å². The van der Waals surface area contributed by atoms with Crippen LogP contribution in [-0.4, -0.2) is 22.4 Å². The molecule has 2 aromatic rings. The van der Waals surface area contributed by atoms with E-state index in [-0.39, 0.29) is 23.1 Å². The smallest absolute Gasteiger partial charge is 0.271 e. The third-order valence-corrected chi connectivity index (χ3v) is 2.72. The molecule has 0 fully saturated rings. The second-order valence-corrected chi connectivity index (χ2v) is 4.39. The number of nitrogens with zero attached hydrogens (tertiary/aromatic N) is 2. The summed E-state index contributed by atoms with van der Waals surface area (Å²) in [5.74, 6) is -4.49. The Morgan fingerprint density at radius 1 is 1.14 bits per heavy atom. The molecule has 0 radical (unpaired) electrons. The van der Waals surface area contributed by atoms with Crippen LogP contribution in [-0.2, 0) is 0 Å². The molecule has 0 atom stereocenters. The maximum absolute atomic E-state index is 13.5. The number of amides is 1. The van der Waals surface area contributed by atoms with Crippen LogP contribution in [0, 0.1) is 17.5 Å². The third kappa shape index (κ3) is 3.51. The maximum atomic E-state index is 13.5. The van der Waals surface area contributed by atoms with Crippen molar-refractivity contribution in [1.82, 2.24) is 15.3 Å². The molecule has 0 saturated heterocycles. The normalized spacial score (nSPS) is 10.4. The molecule has 0 saturated carbocycles. The zero-order valence-corrected chi connectivity index (χ0v) is 11.7. The van der Waals surface area contributed by atoms with Crippen molar-refractivity contribution in [3.8, 4) is 0 Å². The van der Waals surface area contributed by atoms with Gasteiger partial charge in [0.25, 0.3) is 5.91 Å². The number of nitrogens with one attached hydrogen (secondary N) is 2. The first-order valence-corrected chi connectivity index (χ1v) is 6.53. The molecule has 1 aromatic heterocycles. The summed E-state index contributed by atoms with van der Waals surface area (Å²) in [6.45, 7) is 2.43. The van der Waals surface area contributed by atoms with Gasteiger partial charge in [0.2, 0.25) is 0 Å². The van der Waals surface area contributed by atoms with E-state index in [9.17, 15) is 18.0 Å². The lowest BCUT2D eigenvalue weighted by Crippen LogP contribution is -2.25. The molecule has 8 heteroatoms. The first-order chi connectivity index (χ1) is 10.5. The molecule has 0 aliphatic rings. The first-order valence-electron chi connectivity index (χ1n) is 6.53. The van der Waals surface area contributed by atoms with Gasteiger partial charge in [-0.3, -0.25) is 4.79 Å². The molecule has 1 heterocycles. The van der Waals surface area contributed by atoms with Crippen LogP contribution in [0.25, 0.3) is 0 Å². The van der Waals surface area contributed by atoms with Gasteiger partial charge in [0.15, 0.2) is 17.5 Å². The number of halogens is 3. The molecular weight excluding hydrogens is 297 g/mol. The van der Waals surface area contributed by atoms with Crippen molar-refractivity contribution in [2.24, 2.45) is 0 Å². The first kappa shape index (κ1) is 15.7. The molecular formula is C14H13F3N4O. The summed E-state index contributed by atoms with van der Waals surface area (Å²) < 4.78 is 39.4. The van der Waals surface area contributed by atoms with Crippen LogP contribution in [0.15, 0.2) is 24.5 Å². The Hall–Kier alpha value is -2.64. The van der Waals surface area contributed by atoms with E-state index in [0.717, 1.165) is 18.6 Å². The highest BCUT2D eigenvalue weighted by atomic mass is 19.2. The largest absolute Gasteiger partial charge is 0.351 e. The van der Waals surface area contributed by atoms with E-state index in [0.29, 0.717) is 6.54 Å². The molecule has 0 bridgehead atoms. The number of hydrogen-bond donors (Lipinski definition) is 2. The number of rotatable bonds is 5. The molecule has 0 aliphatic heterocycles. The van der Waals surface area contributed by atoms with Gasteiger partial charge in [-0.25, -0.2) is 23.1 Å².